The van der Waals surface area contributed by atoms with Gasteiger partial charge in [0.05, 0.1) is 11.4 Å². The fourth-order valence-electron chi connectivity index (χ4n) is 1.83. The lowest BCUT2D eigenvalue weighted by molar-refractivity contribution is -0.0429. The van der Waals surface area contributed by atoms with Gasteiger partial charge < -0.3 is 9.57 Å². The summed E-state index contributed by atoms with van der Waals surface area (Å²) in [5, 5.41) is 3.73. The van der Waals surface area contributed by atoms with E-state index in [2.05, 4.69) is 15.1 Å². The van der Waals surface area contributed by atoms with Crippen molar-refractivity contribution >= 4 is 21.4 Å². The largest absolute Gasteiger partial charge is 0.516 e. The Morgan fingerprint density at radius 2 is 1.93 bits per heavy atom. The molecular weight excluding hydrogens is 389 g/mol. The van der Waals surface area contributed by atoms with E-state index in [0.29, 0.717) is 0 Å². The lowest BCUT2D eigenvalue weighted by Gasteiger charge is -2.15. The first-order valence-electron chi connectivity index (χ1n) is 7.49. The zero-order valence-electron chi connectivity index (χ0n) is 14.2. The Labute approximate surface area is 153 Å². The van der Waals surface area contributed by atoms with Crippen LogP contribution in [0.2, 0.25) is 0 Å². The fourth-order valence-corrected chi connectivity index (χ4v) is 2.42. The standard InChI is InChI=1S/C15H15F3N4O4S/c1-3-25-21-10(2)12-9-11(26-14-19-7-4-8-20-14)5-6-13(12)22-27(23,24)15(16,17)18/h4-9,22H,3H2,1-2H3. The maximum absolute atomic E-state index is 12.7. The summed E-state index contributed by atoms with van der Waals surface area (Å²) in [6.45, 7) is 3.32. The minimum absolute atomic E-state index is 0.00599. The smallest absolute Gasteiger partial charge is 0.424 e. The molecule has 146 valence electrons. The van der Waals surface area contributed by atoms with Gasteiger partial charge in [0.2, 0.25) is 0 Å². The number of anilines is 1. The van der Waals surface area contributed by atoms with Gasteiger partial charge >= 0.3 is 21.5 Å². The normalized spacial score (nSPS) is 12.6. The Morgan fingerprint density at radius 3 is 2.52 bits per heavy atom. The van der Waals surface area contributed by atoms with Gasteiger partial charge in [-0.25, -0.2) is 9.97 Å². The highest BCUT2D eigenvalue weighted by Crippen LogP contribution is 2.30. The predicted octanol–water partition coefficient (Wildman–Crippen LogP) is 3.29. The van der Waals surface area contributed by atoms with Crippen molar-refractivity contribution in [3.05, 3.63) is 42.2 Å². The van der Waals surface area contributed by atoms with Gasteiger partial charge in [-0.3, -0.25) is 4.72 Å². The lowest BCUT2D eigenvalue weighted by Crippen LogP contribution is -2.30. The van der Waals surface area contributed by atoms with Crippen LogP contribution >= 0.6 is 0 Å². The molecule has 0 atom stereocenters. The summed E-state index contributed by atoms with van der Waals surface area (Å²) in [7, 11) is -5.61. The maximum atomic E-state index is 12.7. The van der Waals surface area contributed by atoms with Crippen LogP contribution in [-0.4, -0.2) is 36.2 Å². The van der Waals surface area contributed by atoms with Crippen LogP contribution in [0.4, 0.5) is 18.9 Å². The number of hydrogen-bond donors (Lipinski definition) is 1. The Bertz CT molecular complexity index is 918. The summed E-state index contributed by atoms with van der Waals surface area (Å²) in [6.07, 6.45) is 2.88. The minimum atomic E-state index is -5.61. The summed E-state index contributed by atoms with van der Waals surface area (Å²) in [5.74, 6) is 0.164. The summed E-state index contributed by atoms with van der Waals surface area (Å²) >= 11 is 0. The number of hydrogen-bond acceptors (Lipinski definition) is 7. The zero-order chi connectivity index (χ0) is 20.1. The van der Waals surface area contributed by atoms with Crippen LogP contribution in [0.5, 0.6) is 11.8 Å². The molecule has 0 bridgehead atoms. The Hall–Kier alpha value is -2.89. The first-order valence-corrected chi connectivity index (χ1v) is 8.97. The molecule has 2 rings (SSSR count). The van der Waals surface area contributed by atoms with E-state index < -0.39 is 15.5 Å². The fraction of sp³-hybridized carbons (Fsp3) is 0.267. The van der Waals surface area contributed by atoms with Gasteiger partial charge in [0, 0.05) is 18.0 Å². The van der Waals surface area contributed by atoms with E-state index in [1.165, 1.54) is 36.2 Å². The molecule has 0 saturated carbocycles. The summed E-state index contributed by atoms with van der Waals surface area (Å²) in [4.78, 5) is 12.6. The monoisotopic (exact) mass is 404 g/mol. The maximum Gasteiger partial charge on any atom is 0.516 e. The lowest BCUT2D eigenvalue weighted by atomic mass is 10.1. The molecular formula is C15H15F3N4O4S. The van der Waals surface area contributed by atoms with Crippen LogP contribution < -0.4 is 9.46 Å². The predicted molar refractivity (Wildman–Crippen MR) is 91.0 cm³/mol. The molecule has 0 spiro atoms. The summed E-state index contributed by atoms with van der Waals surface area (Å²) < 4.78 is 67.8. The number of oxime groups is 1. The number of nitrogens with one attached hydrogen (secondary N) is 1. The van der Waals surface area contributed by atoms with Crippen LogP contribution in [0.15, 0.2) is 41.8 Å². The molecule has 0 radical (unpaired) electrons. The Balaban J connectivity index is 2.44. The first-order chi connectivity index (χ1) is 12.6. The van der Waals surface area contributed by atoms with Gasteiger partial charge in [-0.2, -0.15) is 21.6 Å². The third-order valence-corrected chi connectivity index (χ3v) is 4.11. The van der Waals surface area contributed by atoms with Crippen molar-refractivity contribution in [2.75, 3.05) is 11.3 Å². The van der Waals surface area contributed by atoms with Gasteiger partial charge in [0.25, 0.3) is 0 Å². The molecule has 0 aliphatic heterocycles. The second-order valence-electron chi connectivity index (χ2n) is 4.99. The van der Waals surface area contributed by atoms with Crippen molar-refractivity contribution in [1.82, 2.24) is 9.97 Å². The molecule has 1 heterocycles. The van der Waals surface area contributed by atoms with Gasteiger partial charge in [0.15, 0.2) is 0 Å². The van der Waals surface area contributed by atoms with Crippen molar-refractivity contribution < 1.29 is 31.2 Å². The topological polar surface area (TPSA) is 103 Å². The van der Waals surface area contributed by atoms with Crippen molar-refractivity contribution in [1.29, 1.82) is 0 Å². The van der Waals surface area contributed by atoms with Crippen LogP contribution in [0.1, 0.15) is 19.4 Å². The number of sulfonamides is 1. The molecule has 2 aromatic rings. The van der Waals surface area contributed by atoms with Crippen LogP contribution in [0.25, 0.3) is 0 Å². The van der Waals surface area contributed by atoms with E-state index in [9.17, 15) is 21.6 Å². The van der Waals surface area contributed by atoms with E-state index in [1.807, 2.05) is 0 Å². The SMILES string of the molecule is CCON=C(C)c1cc(Oc2ncccn2)ccc1NS(=O)(=O)C(F)(F)F. The van der Waals surface area contributed by atoms with Crippen LogP contribution in [0.3, 0.4) is 0 Å². The number of ether oxygens (including phenoxy) is 1. The van der Waals surface area contributed by atoms with Gasteiger partial charge in [0.1, 0.15) is 12.4 Å². The number of nitrogens with zero attached hydrogens (tertiary/aromatic N) is 3. The Kier molecular flexibility index (Phi) is 6.20. The molecule has 1 aromatic heterocycles. The van der Waals surface area contributed by atoms with E-state index in [4.69, 9.17) is 9.57 Å². The molecule has 0 aliphatic carbocycles. The van der Waals surface area contributed by atoms with Gasteiger partial charge in [-0.05, 0) is 38.1 Å². The van der Waals surface area contributed by atoms with Crippen LogP contribution in [-0.2, 0) is 14.9 Å². The van der Waals surface area contributed by atoms with E-state index in [0.717, 1.165) is 6.07 Å². The van der Waals surface area contributed by atoms with Crippen molar-refractivity contribution in [3.63, 3.8) is 0 Å². The van der Waals surface area contributed by atoms with E-state index >= 15 is 0 Å². The van der Waals surface area contributed by atoms with E-state index in [-0.39, 0.29) is 35.3 Å². The average Bonchev–Trinajstić information content (AvgIpc) is 2.60. The third-order valence-electron chi connectivity index (χ3n) is 3.01. The zero-order valence-corrected chi connectivity index (χ0v) is 15.0. The second kappa shape index (κ2) is 8.20. The molecule has 1 aromatic carbocycles. The molecule has 12 heteroatoms. The molecule has 1 N–H and O–H groups in total. The summed E-state index contributed by atoms with van der Waals surface area (Å²) in [6, 6.07) is 5.25. The van der Waals surface area contributed by atoms with E-state index in [1.54, 1.807) is 13.0 Å². The Morgan fingerprint density at radius 1 is 1.26 bits per heavy atom. The highest BCUT2D eigenvalue weighted by atomic mass is 32.2. The molecule has 0 unspecified atom stereocenters. The number of benzene rings is 1. The average molecular weight is 404 g/mol. The third kappa shape index (κ3) is 5.29. The number of rotatable bonds is 7. The molecule has 0 amide bonds. The first kappa shape index (κ1) is 20.4. The number of aromatic nitrogens is 2. The van der Waals surface area contributed by atoms with Crippen LogP contribution in [0, 0.1) is 0 Å². The molecule has 0 aliphatic rings. The quantitative estimate of drug-likeness (QED) is 0.561. The van der Waals surface area contributed by atoms with Crippen molar-refractivity contribution in [2.24, 2.45) is 5.16 Å². The second-order valence-corrected chi connectivity index (χ2v) is 6.66. The number of alkyl halides is 3. The van der Waals surface area contributed by atoms with Gasteiger partial charge in [-0.15, -0.1) is 0 Å². The highest BCUT2D eigenvalue weighted by Gasteiger charge is 2.46. The van der Waals surface area contributed by atoms with Gasteiger partial charge in [-0.1, -0.05) is 5.16 Å². The number of halogens is 3. The highest BCUT2D eigenvalue weighted by molar-refractivity contribution is 7.93. The van der Waals surface area contributed by atoms with Crippen molar-refractivity contribution in [2.45, 2.75) is 19.4 Å². The van der Waals surface area contributed by atoms with Crippen molar-refractivity contribution in [3.8, 4) is 11.8 Å². The molecule has 8 nitrogen and oxygen atoms in total. The molecule has 0 saturated heterocycles. The minimum Gasteiger partial charge on any atom is -0.424 e. The summed E-state index contributed by atoms with van der Waals surface area (Å²) in [5.41, 5.74) is -5.64. The molecule has 27 heavy (non-hydrogen) atoms. The molecule has 0 fully saturated rings.